The minimum Gasteiger partial charge on any atom is -0.497 e. The number of piperazine rings is 1. The summed E-state index contributed by atoms with van der Waals surface area (Å²) < 4.78 is 5.25. The fourth-order valence-corrected chi connectivity index (χ4v) is 2.45. The Morgan fingerprint density at radius 2 is 2.39 bits per heavy atom. The summed E-state index contributed by atoms with van der Waals surface area (Å²) in [6, 6.07) is 8.62. The molecule has 1 heterocycles. The van der Waals surface area contributed by atoms with Crippen molar-refractivity contribution in [1.29, 1.82) is 0 Å². The zero-order chi connectivity index (χ0) is 12.8. The van der Waals surface area contributed by atoms with Crippen molar-refractivity contribution < 1.29 is 9.84 Å². The van der Waals surface area contributed by atoms with Gasteiger partial charge in [0.15, 0.2) is 0 Å². The lowest BCUT2D eigenvalue weighted by Crippen LogP contribution is -2.51. The van der Waals surface area contributed by atoms with Crippen LogP contribution in [0.25, 0.3) is 0 Å². The maximum absolute atomic E-state index is 9.11. The number of methoxy groups -OCH3 is 1. The zero-order valence-electron chi connectivity index (χ0n) is 10.9. The van der Waals surface area contributed by atoms with E-state index in [0.717, 1.165) is 38.3 Å². The van der Waals surface area contributed by atoms with Gasteiger partial charge in [-0.05, 0) is 24.1 Å². The Bertz CT molecular complexity index is 369. The summed E-state index contributed by atoms with van der Waals surface area (Å²) in [4.78, 5) is 2.43. The van der Waals surface area contributed by atoms with E-state index in [1.807, 2.05) is 12.1 Å². The molecule has 1 fully saturated rings. The van der Waals surface area contributed by atoms with Crippen LogP contribution in [0.1, 0.15) is 12.0 Å². The van der Waals surface area contributed by atoms with Gasteiger partial charge in [0, 0.05) is 38.8 Å². The predicted octanol–water partition coefficient (Wildman–Crippen LogP) is 0.851. The smallest absolute Gasteiger partial charge is 0.119 e. The Morgan fingerprint density at radius 3 is 3.17 bits per heavy atom. The third-order valence-corrected chi connectivity index (χ3v) is 3.45. The molecule has 0 unspecified atom stereocenters. The molecule has 1 aromatic rings. The van der Waals surface area contributed by atoms with E-state index in [2.05, 4.69) is 22.3 Å². The highest BCUT2D eigenvalue weighted by Gasteiger charge is 2.21. The third-order valence-electron chi connectivity index (χ3n) is 3.45. The number of aliphatic hydroxyl groups excluding tert-OH is 1. The highest BCUT2D eigenvalue weighted by molar-refractivity contribution is 5.28. The SMILES string of the molecule is COc1cccc(CN2CCNC[C@@H]2CCO)c1. The lowest BCUT2D eigenvalue weighted by molar-refractivity contribution is 0.123. The second kappa shape index (κ2) is 6.73. The summed E-state index contributed by atoms with van der Waals surface area (Å²) >= 11 is 0. The van der Waals surface area contributed by atoms with Crippen molar-refractivity contribution in [3.63, 3.8) is 0 Å². The molecule has 1 atom stereocenters. The van der Waals surface area contributed by atoms with Gasteiger partial charge >= 0.3 is 0 Å². The minimum atomic E-state index is 0.251. The summed E-state index contributed by atoms with van der Waals surface area (Å²) in [7, 11) is 1.69. The van der Waals surface area contributed by atoms with Gasteiger partial charge in [0.25, 0.3) is 0 Å². The third kappa shape index (κ3) is 3.45. The number of nitrogens with one attached hydrogen (secondary N) is 1. The van der Waals surface area contributed by atoms with Crippen LogP contribution in [0.3, 0.4) is 0 Å². The Balaban J connectivity index is 2.01. The Labute approximate surface area is 109 Å². The monoisotopic (exact) mass is 250 g/mol. The molecule has 0 aromatic heterocycles. The normalized spacial score (nSPS) is 20.9. The van der Waals surface area contributed by atoms with Crippen LogP contribution in [0.4, 0.5) is 0 Å². The molecule has 18 heavy (non-hydrogen) atoms. The first-order valence-electron chi connectivity index (χ1n) is 6.52. The quantitative estimate of drug-likeness (QED) is 0.813. The van der Waals surface area contributed by atoms with E-state index in [1.165, 1.54) is 5.56 Å². The lowest BCUT2D eigenvalue weighted by Gasteiger charge is -2.36. The fraction of sp³-hybridized carbons (Fsp3) is 0.571. The second-order valence-electron chi connectivity index (χ2n) is 4.69. The van der Waals surface area contributed by atoms with Crippen LogP contribution in [-0.4, -0.2) is 49.4 Å². The van der Waals surface area contributed by atoms with Gasteiger partial charge in [0.2, 0.25) is 0 Å². The molecule has 0 amide bonds. The standard InChI is InChI=1S/C14H22N2O2/c1-18-14-4-2-3-12(9-14)11-16-7-6-15-10-13(16)5-8-17/h2-4,9,13,15,17H,5-8,10-11H2,1H3/t13-/m0/s1. The van der Waals surface area contributed by atoms with Gasteiger partial charge in [-0.1, -0.05) is 12.1 Å². The molecule has 1 aliphatic rings. The molecule has 1 aromatic carbocycles. The van der Waals surface area contributed by atoms with Crippen molar-refractivity contribution >= 4 is 0 Å². The van der Waals surface area contributed by atoms with Crippen molar-refractivity contribution in [2.24, 2.45) is 0 Å². The molecule has 1 aliphatic heterocycles. The van der Waals surface area contributed by atoms with Gasteiger partial charge in [-0.2, -0.15) is 0 Å². The molecule has 0 spiro atoms. The van der Waals surface area contributed by atoms with Gasteiger partial charge in [0.1, 0.15) is 5.75 Å². The summed E-state index contributed by atoms with van der Waals surface area (Å²) in [6.07, 6.45) is 0.830. The molecular weight excluding hydrogens is 228 g/mol. The summed E-state index contributed by atoms with van der Waals surface area (Å²) in [5.74, 6) is 0.904. The second-order valence-corrected chi connectivity index (χ2v) is 4.69. The Hall–Kier alpha value is -1.10. The Kier molecular flexibility index (Phi) is 4.99. The number of rotatable bonds is 5. The van der Waals surface area contributed by atoms with E-state index in [0.29, 0.717) is 6.04 Å². The molecule has 0 saturated carbocycles. The van der Waals surface area contributed by atoms with Crippen LogP contribution in [-0.2, 0) is 6.54 Å². The largest absolute Gasteiger partial charge is 0.497 e. The molecule has 4 heteroatoms. The minimum absolute atomic E-state index is 0.251. The number of aliphatic hydroxyl groups is 1. The summed E-state index contributed by atoms with van der Waals surface area (Å²) in [6.45, 7) is 4.18. The highest BCUT2D eigenvalue weighted by atomic mass is 16.5. The van der Waals surface area contributed by atoms with Crippen LogP contribution < -0.4 is 10.1 Å². The van der Waals surface area contributed by atoms with Crippen LogP contribution >= 0.6 is 0 Å². The highest BCUT2D eigenvalue weighted by Crippen LogP contribution is 2.17. The maximum atomic E-state index is 9.11. The van der Waals surface area contributed by atoms with Crippen LogP contribution in [0.5, 0.6) is 5.75 Å². The van der Waals surface area contributed by atoms with Crippen LogP contribution in [0.2, 0.25) is 0 Å². The zero-order valence-corrected chi connectivity index (χ0v) is 10.9. The van der Waals surface area contributed by atoms with E-state index in [1.54, 1.807) is 7.11 Å². The average molecular weight is 250 g/mol. The molecule has 1 saturated heterocycles. The fourth-order valence-electron chi connectivity index (χ4n) is 2.45. The van der Waals surface area contributed by atoms with Gasteiger partial charge < -0.3 is 15.2 Å². The molecule has 0 aliphatic carbocycles. The van der Waals surface area contributed by atoms with E-state index in [-0.39, 0.29) is 6.61 Å². The van der Waals surface area contributed by atoms with Gasteiger partial charge in [-0.3, -0.25) is 4.90 Å². The van der Waals surface area contributed by atoms with Crippen molar-refractivity contribution in [3.05, 3.63) is 29.8 Å². The molecular formula is C14H22N2O2. The van der Waals surface area contributed by atoms with E-state index in [9.17, 15) is 0 Å². The maximum Gasteiger partial charge on any atom is 0.119 e. The number of hydrogen-bond donors (Lipinski definition) is 2. The molecule has 0 bridgehead atoms. The predicted molar refractivity (Wildman–Crippen MR) is 71.8 cm³/mol. The van der Waals surface area contributed by atoms with Gasteiger partial charge in [-0.25, -0.2) is 0 Å². The number of ether oxygens (including phenoxy) is 1. The van der Waals surface area contributed by atoms with Gasteiger partial charge in [-0.15, -0.1) is 0 Å². The first kappa shape index (κ1) is 13.3. The Morgan fingerprint density at radius 1 is 1.50 bits per heavy atom. The van der Waals surface area contributed by atoms with E-state index in [4.69, 9.17) is 9.84 Å². The van der Waals surface area contributed by atoms with Crippen molar-refractivity contribution in [2.75, 3.05) is 33.4 Å². The van der Waals surface area contributed by atoms with E-state index >= 15 is 0 Å². The van der Waals surface area contributed by atoms with Crippen LogP contribution in [0.15, 0.2) is 24.3 Å². The van der Waals surface area contributed by atoms with Crippen molar-refractivity contribution in [3.8, 4) is 5.75 Å². The van der Waals surface area contributed by atoms with Crippen molar-refractivity contribution in [2.45, 2.75) is 19.0 Å². The summed E-state index contributed by atoms with van der Waals surface area (Å²) in [5.41, 5.74) is 1.26. The van der Waals surface area contributed by atoms with E-state index < -0.39 is 0 Å². The first-order valence-corrected chi connectivity index (χ1v) is 6.52. The lowest BCUT2D eigenvalue weighted by atomic mass is 10.1. The average Bonchev–Trinajstić information content (AvgIpc) is 2.41. The topological polar surface area (TPSA) is 44.7 Å². The molecule has 2 rings (SSSR count). The molecule has 0 radical (unpaired) electrons. The molecule has 4 nitrogen and oxygen atoms in total. The van der Waals surface area contributed by atoms with Crippen LogP contribution in [0, 0.1) is 0 Å². The van der Waals surface area contributed by atoms with Gasteiger partial charge in [0.05, 0.1) is 7.11 Å². The van der Waals surface area contributed by atoms with Crippen molar-refractivity contribution in [1.82, 2.24) is 10.2 Å². The molecule has 100 valence electrons. The number of benzene rings is 1. The number of nitrogens with zero attached hydrogens (tertiary/aromatic N) is 1. The summed E-state index contributed by atoms with van der Waals surface area (Å²) in [5, 5.41) is 12.5. The first-order chi connectivity index (χ1) is 8.83. The number of hydrogen-bond acceptors (Lipinski definition) is 4. The molecule has 2 N–H and O–H groups in total.